The van der Waals surface area contributed by atoms with E-state index in [-0.39, 0.29) is 11.8 Å². The van der Waals surface area contributed by atoms with E-state index in [1.165, 1.54) is 0 Å². The minimum atomic E-state index is 0.203. The van der Waals surface area contributed by atoms with Crippen LogP contribution < -0.4 is 5.32 Å². The van der Waals surface area contributed by atoms with Crippen LogP contribution in [-0.2, 0) is 9.59 Å². The lowest BCUT2D eigenvalue weighted by atomic mass is 9.96. The van der Waals surface area contributed by atoms with Gasteiger partial charge in [0.25, 0.3) is 0 Å². The van der Waals surface area contributed by atoms with Crippen molar-refractivity contribution in [1.29, 1.82) is 0 Å². The molecule has 1 rings (SSSR count). The number of likely N-dealkylation sites (tertiary alicyclic amines) is 1. The molecule has 5 heteroatoms. The van der Waals surface area contributed by atoms with Crippen LogP contribution in [0.1, 0.15) is 58.8 Å². The number of nitrogens with one attached hydrogen (secondary N) is 1. The summed E-state index contributed by atoms with van der Waals surface area (Å²) in [4.78, 5) is 28.4. The molecule has 0 spiro atoms. The van der Waals surface area contributed by atoms with Gasteiger partial charge in [-0.2, -0.15) is 0 Å². The van der Waals surface area contributed by atoms with Crippen LogP contribution in [-0.4, -0.2) is 61.4 Å². The van der Waals surface area contributed by atoms with Gasteiger partial charge in [-0.05, 0) is 51.6 Å². The molecule has 1 N–H and O–H groups in total. The molecule has 134 valence electrons. The summed E-state index contributed by atoms with van der Waals surface area (Å²) in [5.74, 6) is 1.12. The van der Waals surface area contributed by atoms with Crippen LogP contribution in [0.15, 0.2) is 0 Å². The van der Waals surface area contributed by atoms with Crippen molar-refractivity contribution >= 4 is 11.8 Å². The Morgan fingerprint density at radius 3 is 2.22 bits per heavy atom. The second-order valence-corrected chi connectivity index (χ2v) is 6.62. The molecule has 23 heavy (non-hydrogen) atoms. The van der Waals surface area contributed by atoms with Crippen LogP contribution in [0, 0.1) is 5.92 Å². The molecule has 1 fully saturated rings. The number of amides is 2. The Morgan fingerprint density at radius 1 is 1.09 bits per heavy atom. The van der Waals surface area contributed by atoms with Gasteiger partial charge in [-0.1, -0.05) is 13.8 Å². The van der Waals surface area contributed by atoms with Gasteiger partial charge in [-0.25, -0.2) is 0 Å². The minimum Gasteiger partial charge on any atom is -0.343 e. The van der Waals surface area contributed by atoms with Gasteiger partial charge in [0.2, 0.25) is 11.8 Å². The average molecular weight is 325 g/mol. The van der Waals surface area contributed by atoms with Crippen LogP contribution in [0.2, 0.25) is 0 Å². The van der Waals surface area contributed by atoms with Crippen molar-refractivity contribution in [1.82, 2.24) is 15.1 Å². The van der Waals surface area contributed by atoms with E-state index in [0.29, 0.717) is 25.2 Å². The molecule has 1 aliphatic rings. The van der Waals surface area contributed by atoms with Gasteiger partial charge in [0.15, 0.2) is 0 Å². The summed E-state index contributed by atoms with van der Waals surface area (Å²) < 4.78 is 0. The van der Waals surface area contributed by atoms with Crippen molar-refractivity contribution in [2.45, 2.75) is 58.8 Å². The Balaban J connectivity index is 2.24. The first-order chi connectivity index (χ1) is 11.1. The quantitative estimate of drug-likeness (QED) is 0.670. The number of hydrogen-bond donors (Lipinski definition) is 1. The molecule has 0 radical (unpaired) electrons. The zero-order valence-corrected chi connectivity index (χ0v) is 15.3. The molecular formula is C18H35N3O2. The van der Waals surface area contributed by atoms with Gasteiger partial charge in [0.05, 0.1) is 0 Å². The molecule has 0 unspecified atom stereocenters. The maximum atomic E-state index is 12.3. The van der Waals surface area contributed by atoms with E-state index in [0.717, 1.165) is 58.4 Å². The van der Waals surface area contributed by atoms with Gasteiger partial charge < -0.3 is 15.1 Å². The Kier molecular flexibility index (Phi) is 9.92. The highest BCUT2D eigenvalue weighted by atomic mass is 16.2. The molecule has 0 atom stereocenters. The summed E-state index contributed by atoms with van der Waals surface area (Å²) in [5, 5.41) is 3.21. The Bertz CT molecular complexity index is 346. The number of piperidine rings is 1. The lowest BCUT2D eigenvalue weighted by Gasteiger charge is -2.32. The third-order valence-electron chi connectivity index (χ3n) is 4.58. The molecule has 1 aliphatic heterocycles. The van der Waals surface area contributed by atoms with E-state index in [2.05, 4.69) is 19.2 Å². The van der Waals surface area contributed by atoms with E-state index >= 15 is 0 Å². The topological polar surface area (TPSA) is 52.7 Å². The first-order valence-electron chi connectivity index (χ1n) is 9.32. The Hall–Kier alpha value is -1.10. The minimum absolute atomic E-state index is 0.203. The highest BCUT2D eigenvalue weighted by molar-refractivity contribution is 5.79. The van der Waals surface area contributed by atoms with Crippen LogP contribution in [0.25, 0.3) is 0 Å². The van der Waals surface area contributed by atoms with Crippen LogP contribution >= 0.6 is 0 Å². The van der Waals surface area contributed by atoms with E-state index in [1.807, 2.05) is 16.8 Å². The van der Waals surface area contributed by atoms with Crippen molar-refractivity contribution in [3.05, 3.63) is 0 Å². The lowest BCUT2D eigenvalue weighted by molar-refractivity contribution is -0.133. The number of carbonyl (C=O) groups is 2. The van der Waals surface area contributed by atoms with Gasteiger partial charge in [0.1, 0.15) is 0 Å². The van der Waals surface area contributed by atoms with Crippen molar-refractivity contribution in [3.8, 4) is 0 Å². The van der Waals surface area contributed by atoms with E-state index in [4.69, 9.17) is 0 Å². The molecule has 5 nitrogen and oxygen atoms in total. The standard InChI is InChI=1S/C18H35N3O2/c1-4-11-20(12-5-2)17(22)7-6-8-18(23)21-13-9-16(10-14-21)15-19-3/h16,19H,4-15H2,1-3H3. The fourth-order valence-corrected chi connectivity index (χ4v) is 3.28. The summed E-state index contributed by atoms with van der Waals surface area (Å²) in [6, 6.07) is 0. The molecule has 0 aromatic heterocycles. The van der Waals surface area contributed by atoms with Crippen molar-refractivity contribution in [2.24, 2.45) is 5.92 Å². The molecule has 2 amide bonds. The third kappa shape index (κ3) is 7.34. The highest BCUT2D eigenvalue weighted by Gasteiger charge is 2.22. The maximum absolute atomic E-state index is 12.3. The molecule has 0 aliphatic carbocycles. The summed E-state index contributed by atoms with van der Waals surface area (Å²) in [7, 11) is 1.98. The third-order valence-corrected chi connectivity index (χ3v) is 4.58. The maximum Gasteiger partial charge on any atom is 0.222 e. The average Bonchev–Trinajstić information content (AvgIpc) is 2.55. The molecule has 1 saturated heterocycles. The summed E-state index contributed by atoms with van der Waals surface area (Å²) in [6.45, 7) is 8.64. The summed E-state index contributed by atoms with van der Waals surface area (Å²) in [6.07, 6.45) is 5.85. The smallest absolute Gasteiger partial charge is 0.222 e. The van der Waals surface area contributed by atoms with E-state index in [9.17, 15) is 9.59 Å². The van der Waals surface area contributed by atoms with Crippen molar-refractivity contribution < 1.29 is 9.59 Å². The van der Waals surface area contributed by atoms with Gasteiger partial charge in [0, 0.05) is 39.0 Å². The molecule has 1 heterocycles. The fraction of sp³-hybridized carbons (Fsp3) is 0.889. The molecular weight excluding hydrogens is 290 g/mol. The zero-order chi connectivity index (χ0) is 17.1. The fourth-order valence-electron chi connectivity index (χ4n) is 3.28. The number of rotatable bonds is 10. The summed E-state index contributed by atoms with van der Waals surface area (Å²) in [5.41, 5.74) is 0. The van der Waals surface area contributed by atoms with Gasteiger partial charge >= 0.3 is 0 Å². The zero-order valence-electron chi connectivity index (χ0n) is 15.3. The largest absolute Gasteiger partial charge is 0.343 e. The molecule has 0 aromatic rings. The van der Waals surface area contributed by atoms with Crippen molar-refractivity contribution in [3.63, 3.8) is 0 Å². The van der Waals surface area contributed by atoms with Crippen LogP contribution in [0.4, 0.5) is 0 Å². The monoisotopic (exact) mass is 325 g/mol. The Labute approximate surface area is 141 Å². The molecule has 0 saturated carbocycles. The first kappa shape index (κ1) is 19.9. The highest BCUT2D eigenvalue weighted by Crippen LogP contribution is 2.17. The number of hydrogen-bond acceptors (Lipinski definition) is 3. The van der Waals surface area contributed by atoms with Crippen LogP contribution in [0.5, 0.6) is 0 Å². The van der Waals surface area contributed by atoms with Gasteiger partial charge in [-0.15, -0.1) is 0 Å². The lowest BCUT2D eigenvalue weighted by Crippen LogP contribution is -2.40. The Morgan fingerprint density at radius 2 is 1.70 bits per heavy atom. The second kappa shape index (κ2) is 11.4. The second-order valence-electron chi connectivity index (χ2n) is 6.62. The number of carbonyl (C=O) groups excluding carboxylic acids is 2. The normalized spacial score (nSPS) is 15.7. The molecule has 0 aromatic carbocycles. The first-order valence-corrected chi connectivity index (χ1v) is 9.32. The summed E-state index contributed by atoms with van der Waals surface area (Å²) >= 11 is 0. The molecule has 0 bridgehead atoms. The predicted molar refractivity (Wildman–Crippen MR) is 94.2 cm³/mol. The van der Waals surface area contributed by atoms with Gasteiger partial charge in [-0.3, -0.25) is 9.59 Å². The van der Waals surface area contributed by atoms with E-state index in [1.54, 1.807) is 0 Å². The van der Waals surface area contributed by atoms with Crippen molar-refractivity contribution in [2.75, 3.05) is 39.8 Å². The van der Waals surface area contributed by atoms with Crippen LogP contribution in [0.3, 0.4) is 0 Å². The number of nitrogens with zero attached hydrogens (tertiary/aromatic N) is 2. The van der Waals surface area contributed by atoms with E-state index < -0.39 is 0 Å². The SMILES string of the molecule is CCCN(CCC)C(=O)CCCC(=O)N1CCC(CNC)CC1. The predicted octanol–water partition coefficient (Wildman–Crippen LogP) is 2.26.